The highest BCUT2D eigenvalue weighted by atomic mass is 32.2. The largest absolute Gasteiger partial charge is 0.497 e. The van der Waals surface area contributed by atoms with Crippen molar-refractivity contribution in [2.45, 2.75) is 4.90 Å². The number of ketones is 1. The molecule has 0 aromatic heterocycles. The molecule has 0 amide bonds. The van der Waals surface area contributed by atoms with Crippen LogP contribution in [0.2, 0.25) is 0 Å². The summed E-state index contributed by atoms with van der Waals surface area (Å²) in [4.78, 5) is 12.5. The molecule has 0 bridgehead atoms. The predicted octanol–water partition coefficient (Wildman–Crippen LogP) is 2.91. The summed E-state index contributed by atoms with van der Waals surface area (Å²) in [5.74, 6) is -0.282. The minimum Gasteiger partial charge on any atom is -0.497 e. The van der Waals surface area contributed by atoms with Gasteiger partial charge < -0.3 is 4.74 Å². The van der Waals surface area contributed by atoms with E-state index in [0.29, 0.717) is 11.3 Å². The highest BCUT2D eigenvalue weighted by Gasteiger charge is 2.20. The summed E-state index contributed by atoms with van der Waals surface area (Å²) >= 11 is 0. The normalized spacial score (nSPS) is 11.0. The van der Waals surface area contributed by atoms with E-state index in [2.05, 4.69) is 6.58 Å². The van der Waals surface area contributed by atoms with Crippen LogP contribution in [-0.2, 0) is 9.84 Å². The van der Waals surface area contributed by atoms with Crippen LogP contribution in [0.1, 0.15) is 10.4 Å². The van der Waals surface area contributed by atoms with Crippen LogP contribution in [0.4, 0.5) is 0 Å². The Morgan fingerprint density at radius 2 is 1.77 bits per heavy atom. The summed E-state index contributed by atoms with van der Waals surface area (Å²) in [6.07, 6.45) is 0. The fourth-order valence-corrected chi connectivity index (χ4v) is 3.30. The Morgan fingerprint density at radius 3 is 2.41 bits per heavy atom. The Morgan fingerprint density at radius 1 is 1.09 bits per heavy atom. The van der Waals surface area contributed by atoms with Gasteiger partial charge in [-0.3, -0.25) is 4.79 Å². The Balaban J connectivity index is 2.20. The second kappa shape index (κ2) is 6.58. The maximum absolute atomic E-state index is 12.3. The molecule has 5 heteroatoms. The van der Waals surface area contributed by atoms with Gasteiger partial charge in [0.1, 0.15) is 5.75 Å². The lowest BCUT2D eigenvalue weighted by atomic mass is 10.1. The first-order chi connectivity index (χ1) is 10.4. The Hall–Kier alpha value is -2.40. The topological polar surface area (TPSA) is 60.4 Å². The molecule has 0 N–H and O–H groups in total. The third-order valence-corrected chi connectivity index (χ3v) is 4.84. The van der Waals surface area contributed by atoms with Crippen molar-refractivity contribution in [1.29, 1.82) is 0 Å². The molecule has 2 aromatic rings. The number of Topliss-reactive ketones (excluding diaryl/α,β-unsaturated/α-hetero) is 1. The molecule has 0 unspecified atom stereocenters. The fourth-order valence-electron chi connectivity index (χ4n) is 1.97. The van der Waals surface area contributed by atoms with Gasteiger partial charge in [-0.05, 0) is 24.3 Å². The van der Waals surface area contributed by atoms with Crippen LogP contribution in [0.15, 0.2) is 71.6 Å². The summed E-state index contributed by atoms with van der Waals surface area (Å²) in [7, 11) is -2.08. The number of hydrogen-bond donors (Lipinski definition) is 0. The lowest BCUT2D eigenvalue weighted by molar-refractivity contribution is 0.103. The number of benzene rings is 2. The summed E-state index contributed by atoms with van der Waals surface area (Å²) in [6, 6.07) is 14.5. The Bertz CT molecular complexity index is 792. The third-order valence-electron chi connectivity index (χ3n) is 3.12. The van der Waals surface area contributed by atoms with E-state index in [1.807, 2.05) is 0 Å². The minimum absolute atomic E-state index is 0.0251. The zero-order valence-electron chi connectivity index (χ0n) is 12.2. The quantitative estimate of drug-likeness (QED) is 0.607. The number of methoxy groups -OCH3 is 1. The van der Waals surface area contributed by atoms with E-state index >= 15 is 0 Å². The number of ether oxygens (including phenoxy) is 1. The van der Waals surface area contributed by atoms with E-state index in [1.54, 1.807) is 42.5 Å². The number of sulfone groups is 1. The second-order valence-corrected chi connectivity index (χ2v) is 6.73. The molecule has 0 saturated carbocycles. The first-order valence-electron chi connectivity index (χ1n) is 6.58. The molecular weight excluding hydrogens is 300 g/mol. The summed E-state index contributed by atoms with van der Waals surface area (Å²) in [5, 5.41) is 0. The highest BCUT2D eigenvalue weighted by Crippen LogP contribution is 2.18. The molecule has 114 valence electrons. The van der Waals surface area contributed by atoms with Gasteiger partial charge in [-0.15, -0.1) is 0 Å². The molecular formula is C17H16O4S. The number of carbonyl (C=O) groups excluding carboxylic acids is 1. The van der Waals surface area contributed by atoms with Gasteiger partial charge in [0.2, 0.25) is 0 Å². The van der Waals surface area contributed by atoms with E-state index in [-0.39, 0.29) is 10.5 Å². The maximum Gasteiger partial charge on any atom is 0.189 e. The minimum atomic E-state index is -3.58. The monoisotopic (exact) mass is 316 g/mol. The second-order valence-electron chi connectivity index (χ2n) is 4.74. The van der Waals surface area contributed by atoms with E-state index in [4.69, 9.17) is 4.74 Å². The standard InChI is InChI=1S/C17H16O4S/c1-13(12-22(19,20)16-9-4-3-5-10-16)17(18)14-7-6-8-15(11-14)21-2/h3-11H,1,12H2,2H3. The van der Waals surface area contributed by atoms with E-state index < -0.39 is 21.4 Å². The van der Waals surface area contributed by atoms with Gasteiger partial charge >= 0.3 is 0 Å². The average Bonchev–Trinajstić information content (AvgIpc) is 2.54. The Kier molecular flexibility index (Phi) is 4.78. The molecule has 0 fully saturated rings. The van der Waals surface area contributed by atoms with Gasteiger partial charge in [-0.25, -0.2) is 8.42 Å². The van der Waals surface area contributed by atoms with Gasteiger partial charge in [0.05, 0.1) is 17.8 Å². The van der Waals surface area contributed by atoms with Gasteiger partial charge in [0.25, 0.3) is 0 Å². The van der Waals surface area contributed by atoms with Gasteiger partial charge in [0, 0.05) is 11.1 Å². The number of carbonyl (C=O) groups is 1. The van der Waals surface area contributed by atoms with Crippen LogP contribution < -0.4 is 4.74 Å². The van der Waals surface area contributed by atoms with Crippen molar-refractivity contribution in [3.63, 3.8) is 0 Å². The first kappa shape index (κ1) is 16.0. The molecule has 0 saturated heterocycles. The molecule has 2 rings (SSSR count). The summed E-state index contributed by atoms with van der Waals surface area (Å²) in [5.41, 5.74) is 0.379. The summed E-state index contributed by atoms with van der Waals surface area (Å²) in [6.45, 7) is 3.63. The van der Waals surface area contributed by atoms with Crippen LogP contribution in [0.25, 0.3) is 0 Å². The zero-order valence-corrected chi connectivity index (χ0v) is 13.0. The molecule has 0 radical (unpaired) electrons. The van der Waals surface area contributed by atoms with Gasteiger partial charge in [-0.2, -0.15) is 0 Å². The average molecular weight is 316 g/mol. The van der Waals surface area contributed by atoms with E-state index in [0.717, 1.165) is 0 Å². The van der Waals surface area contributed by atoms with Crippen molar-refractivity contribution < 1.29 is 17.9 Å². The van der Waals surface area contributed by atoms with Crippen molar-refractivity contribution in [1.82, 2.24) is 0 Å². The molecule has 0 spiro atoms. The van der Waals surface area contributed by atoms with Gasteiger partial charge in [-0.1, -0.05) is 36.9 Å². The smallest absolute Gasteiger partial charge is 0.189 e. The lowest BCUT2D eigenvalue weighted by Crippen LogP contribution is -2.14. The fraction of sp³-hybridized carbons (Fsp3) is 0.118. The van der Waals surface area contributed by atoms with E-state index in [9.17, 15) is 13.2 Å². The number of hydrogen-bond acceptors (Lipinski definition) is 4. The number of rotatable bonds is 6. The van der Waals surface area contributed by atoms with Crippen LogP contribution in [-0.4, -0.2) is 27.1 Å². The van der Waals surface area contributed by atoms with Gasteiger partial charge in [0.15, 0.2) is 15.6 Å². The van der Waals surface area contributed by atoms with Crippen molar-refractivity contribution in [2.75, 3.05) is 12.9 Å². The van der Waals surface area contributed by atoms with Crippen LogP contribution >= 0.6 is 0 Å². The highest BCUT2D eigenvalue weighted by molar-refractivity contribution is 7.91. The molecule has 2 aromatic carbocycles. The molecule has 0 aliphatic carbocycles. The molecule has 0 atom stereocenters. The predicted molar refractivity (Wildman–Crippen MR) is 85.0 cm³/mol. The lowest BCUT2D eigenvalue weighted by Gasteiger charge is -2.08. The Labute approximate surface area is 130 Å². The SMILES string of the molecule is C=C(CS(=O)(=O)c1ccccc1)C(=O)c1cccc(OC)c1. The van der Waals surface area contributed by atoms with E-state index in [1.165, 1.54) is 19.2 Å². The summed E-state index contributed by atoms with van der Waals surface area (Å²) < 4.78 is 29.6. The van der Waals surface area contributed by atoms with Crippen molar-refractivity contribution in [3.8, 4) is 5.75 Å². The van der Waals surface area contributed by atoms with Crippen LogP contribution in [0.5, 0.6) is 5.75 Å². The van der Waals surface area contributed by atoms with Crippen molar-refractivity contribution >= 4 is 15.6 Å². The zero-order chi connectivity index (χ0) is 16.2. The molecule has 22 heavy (non-hydrogen) atoms. The molecule has 0 aliphatic rings. The van der Waals surface area contributed by atoms with Crippen LogP contribution in [0, 0.1) is 0 Å². The van der Waals surface area contributed by atoms with Crippen molar-refractivity contribution in [3.05, 3.63) is 72.3 Å². The molecule has 0 aliphatic heterocycles. The first-order valence-corrected chi connectivity index (χ1v) is 8.23. The molecule has 4 nitrogen and oxygen atoms in total. The van der Waals surface area contributed by atoms with Crippen molar-refractivity contribution in [2.24, 2.45) is 0 Å². The molecule has 0 heterocycles. The third kappa shape index (κ3) is 3.62. The maximum atomic E-state index is 12.3. The van der Waals surface area contributed by atoms with Crippen LogP contribution in [0.3, 0.4) is 0 Å².